The number of hydrogen-bond acceptors (Lipinski definition) is 5. The van der Waals surface area contributed by atoms with Gasteiger partial charge in [0.15, 0.2) is 0 Å². The van der Waals surface area contributed by atoms with Gasteiger partial charge in [-0.15, -0.1) is 0 Å². The van der Waals surface area contributed by atoms with Crippen molar-refractivity contribution in [2.75, 3.05) is 17.7 Å². The van der Waals surface area contributed by atoms with E-state index in [1.807, 2.05) is 31.2 Å². The average Bonchev–Trinajstić information content (AvgIpc) is 2.69. The van der Waals surface area contributed by atoms with E-state index < -0.39 is 5.97 Å². The Morgan fingerprint density at radius 1 is 1.04 bits per heavy atom. The molecule has 7 heteroatoms. The first-order valence-electron chi connectivity index (χ1n) is 8.45. The first kappa shape index (κ1) is 19.4. The van der Waals surface area contributed by atoms with Gasteiger partial charge in [-0.3, -0.25) is 9.78 Å². The predicted molar refractivity (Wildman–Crippen MR) is 109 cm³/mol. The molecule has 0 unspecified atom stereocenters. The van der Waals surface area contributed by atoms with Crippen LogP contribution >= 0.6 is 11.6 Å². The second-order valence-corrected chi connectivity index (χ2v) is 6.47. The third-order valence-corrected chi connectivity index (χ3v) is 4.26. The number of hydrogen-bond donors (Lipinski definition) is 2. The summed E-state index contributed by atoms with van der Waals surface area (Å²) in [6.45, 7) is 1.95. The van der Waals surface area contributed by atoms with E-state index in [0.717, 1.165) is 5.56 Å². The Hall–Kier alpha value is -3.38. The minimum absolute atomic E-state index is 0.242. The fraction of sp³-hybridized carbons (Fsp3) is 0.0952. The van der Waals surface area contributed by atoms with Gasteiger partial charge in [0.1, 0.15) is 5.69 Å². The van der Waals surface area contributed by atoms with Gasteiger partial charge in [0.05, 0.1) is 23.4 Å². The lowest BCUT2D eigenvalue weighted by molar-refractivity contribution is 0.0600. The highest BCUT2D eigenvalue weighted by atomic mass is 35.5. The van der Waals surface area contributed by atoms with Crippen LogP contribution in [0, 0.1) is 6.92 Å². The SMILES string of the molecule is COC(=O)c1ccc(Cl)c(Nc2ccnc(C(=O)Nc3cccc(C)c3)c2)c1. The fourth-order valence-electron chi connectivity index (χ4n) is 2.57. The molecular weight excluding hydrogens is 378 g/mol. The normalized spacial score (nSPS) is 10.2. The molecule has 0 atom stereocenters. The molecule has 0 aliphatic carbocycles. The number of nitrogens with one attached hydrogen (secondary N) is 2. The standard InChI is InChI=1S/C21H18ClN3O3/c1-13-4-3-5-15(10-13)25-20(26)19-12-16(8-9-23-19)24-18-11-14(21(27)28-2)6-7-17(18)22/h3-12H,1-2H3,(H,23,24)(H,25,26). The molecule has 3 rings (SSSR count). The van der Waals surface area contributed by atoms with E-state index in [9.17, 15) is 9.59 Å². The second-order valence-electron chi connectivity index (χ2n) is 6.06. The van der Waals surface area contributed by atoms with Gasteiger partial charge in [-0.25, -0.2) is 4.79 Å². The molecule has 0 bridgehead atoms. The molecule has 0 saturated carbocycles. The third-order valence-electron chi connectivity index (χ3n) is 3.93. The highest BCUT2D eigenvalue weighted by Crippen LogP contribution is 2.27. The summed E-state index contributed by atoms with van der Waals surface area (Å²) in [7, 11) is 1.31. The van der Waals surface area contributed by atoms with Crippen LogP contribution in [0.5, 0.6) is 0 Å². The molecule has 3 aromatic rings. The zero-order chi connectivity index (χ0) is 20.1. The summed E-state index contributed by atoms with van der Waals surface area (Å²) < 4.78 is 4.72. The van der Waals surface area contributed by atoms with E-state index in [1.54, 1.807) is 30.3 Å². The first-order valence-corrected chi connectivity index (χ1v) is 8.83. The Balaban J connectivity index is 1.80. The first-order chi connectivity index (χ1) is 13.5. The summed E-state index contributed by atoms with van der Waals surface area (Å²) in [5, 5.41) is 6.34. The van der Waals surface area contributed by atoms with E-state index >= 15 is 0 Å². The summed E-state index contributed by atoms with van der Waals surface area (Å²) in [6, 6.07) is 15.6. The molecule has 1 aromatic heterocycles. The molecule has 0 spiro atoms. The summed E-state index contributed by atoms with van der Waals surface area (Å²) in [5.41, 5.74) is 3.46. The molecule has 2 aromatic carbocycles. The lowest BCUT2D eigenvalue weighted by atomic mass is 10.2. The number of nitrogens with zero attached hydrogens (tertiary/aromatic N) is 1. The van der Waals surface area contributed by atoms with Crippen molar-refractivity contribution in [3.05, 3.63) is 82.6 Å². The summed E-state index contributed by atoms with van der Waals surface area (Å²) in [5.74, 6) is -0.795. The van der Waals surface area contributed by atoms with Gasteiger partial charge in [0, 0.05) is 17.6 Å². The average molecular weight is 396 g/mol. The lowest BCUT2D eigenvalue weighted by Gasteiger charge is -2.11. The maximum atomic E-state index is 12.5. The number of aromatic nitrogens is 1. The van der Waals surface area contributed by atoms with Crippen LogP contribution in [0.1, 0.15) is 26.4 Å². The number of methoxy groups -OCH3 is 1. The summed E-state index contributed by atoms with van der Waals surface area (Å²) in [6.07, 6.45) is 1.52. The number of halogens is 1. The Morgan fingerprint density at radius 3 is 2.61 bits per heavy atom. The van der Waals surface area contributed by atoms with E-state index in [0.29, 0.717) is 27.6 Å². The summed E-state index contributed by atoms with van der Waals surface area (Å²) >= 11 is 6.21. The molecule has 28 heavy (non-hydrogen) atoms. The van der Waals surface area contributed by atoms with Crippen molar-refractivity contribution >= 4 is 40.5 Å². The lowest BCUT2D eigenvalue weighted by Crippen LogP contribution is -2.14. The van der Waals surface area contributed by atoms with Crippen LogP contribution in [-0.2, 0) is 4.74 Å². The zero-order valence-electron chi connectivity index (χ0n) is 15.3. The van der Waals surface area contributed by atoms with Crippen molar-refractivity contribution in [2.24, 2.45) is 0 Å². The number of esters is 1. The minimum Gasteiger partial charge on any atom is -0.465 e. The van der Waals surface area contributed by atoms with Crippen molar-refractivity contribution in [2.45, 2.75) is 6.92 Å². The van der Waals surface area contributed by atoms with Crippen LogP contribution in [-0.4, -0.2) is 24.0 Å². The van der Waals surface area contributed by atoms with Crippen LogP contribution in [0.3, 0.4) is 0 Å². The van der Waals surface area contributed by atoms with Crippen LogP contribution < -0.4 is 10.6 Å². The van der Waals surface area contributed by atoms with Gasteiger partial charge in [-0.1, -0.05) is 23.7 Å². The number of pyridine rings is 1. The Labute approximate surface area is 167 Å². The van der Waals surface area contributed by atoms with Crippen LogP contribution in [0.15, 0.2) is 60.8 Å². The number of aryl methyl sites for hydroxylation is 1. The molecule has 0 aliphatic rings. The Kier molecular flexibility index (Phi) is 5.91. The molecular formula is C21H18ClN3O3. The molecule has 1 amide bonds. The Bertz CT molecular complexity index is 1040. The number of carbonyl (C=O) groups is 2. The van der Waals surface area contributed by atoms with Crippen molar-refractivity contribution in [1.82, 2.24) is 4.98 Å². The summed E-state index contributed by atoms with van der Waals surface area (Å²) in [4.78, 5) is 28.3. The van der Waals surface area contributed by atoms with E-state index in [1.165, 1.54) is 13.3 Å². The van der Waals surface area contributed by atoms with Crippen molar-refractivity contribution in [3.63, 3.8) is 0 Å². The maximum Gasteiger partial charge on any atom is 0.337 e. The molecule has 0 saturated heterocycles. The number of benzene rings is 2. The van der Waals surface area contributed by atoms with E-state index in [4.69, 9.17) is 16.3 Å². The number of rotatable bonds is 5. The van der Waals surface area contributed by atoms with E-state index in [-0.39, 0.29) is 11.6 Å². The third kappa shape index (κ3) is 4.66. The largest absolute Gasteiger partial charge is 0.465 e. The van der Waals surface area contributed by atoms with Gasteiger partial charge in [-0.2, -0.15) is 0 Å². The van der Waals surface area contributed by atoms with Gasteiger partial charge in [0.2, 0.25) is 0 Å². The number of amides is 1. The zero-order valence-corrected chi connectivity index (χ0v) is 16.1. The molecule has 0 fully saturated rings. The molecule has 0 aliphatic heterocycles. The van der Waals surface area contributed by atoms with Gasteiger partial charge >= 0.3 is 5.97 Å². The topological polar surface area (TPSA) is 80.3 Å². The van der Waals surface area contributed by atoms with Gasteiger partial charge < -0.3 is 15.4 Å². The smallest absolute Gasteiger partial charge is 0.337 e. The number of anilines is 3. The molecule has 0 radical (unpaired) electrons. The minimum atomic E-state index is -0.465. The monoisotopic (exact) mass is 395 g/mol. The van der Waals surface area contributed by atoms with E-state index in [2.05, 4.69) is 15.6 Å². The highest BCUT2D eigenvalue weighted by molar-refractivity contribution is 6.33. The van der Waals surface area contributed by atoms with Crippen LogP contribution in [0.25, 0.3) is 0 Å². The molecule has 1 heterocycles. The fourth-order valence-corrected chi connectivity index (χ4v) is 2.74. The van der Waals surface area contributed by atoms with Crippen LogP contribution in [0.2, 0.25) is 5.02 Å². The van der Waals surface area contributed by atoms with Gasteiger partial charge in [0.25, 0.3) is 5.91 Å². The predicted octanol–water partition coefficient (Wildman–Crippen LogP) is 4.83. The molecule has 6 nitrogen and oxygen atoms in total. The Morgan fingerprint density at radius 2 is 1.86 bits per heavy atom. The maximum absolute atomic E-state index is 12.5. The quantitative estimate of drug-likeness (QED) is 0.605. The highest BCUT2D eigenvalue weighted by Gasteiger charge is 2.12. The number of ether oxygens (including phenoxy) is 1. The second kappa shape index (κ2) is 8.54. The van der Waals surface area contributed by atoms with Crippen molar-refractivity contribution < 1.29 is 14.3 Å². The molecule has 142 valence electrons. The van der Waals surface area contributed by atoms with Gasteiger partial charge in [-0.05, 0) is 55.0 Å². The van der Waals surface area contributed by atoms with Crippen molar-refractivity contribution in [1.29, 1.82) is 0 Å². The van der Waals surface area contributed by atoms with Crippen LogP contribution in [0.4, 0.5) is 17.1 Å². The van der Waals surface area contributed by atoms with Crippen molar-refractivity contribution in [3.8, 4) is 0 Å². The molecule has 2 N–H and O–H groups in total. The number of carbonyl (C=O) groups excluding carboxylic acids is 2.